The fourth-order valence-corrected chi connectivity index (χ4v) is 2.34. The number of rotatable bonds is 1. The van der Waals surface area contributed by atoms with Crippen molar-refractivity contribution in [2.75, 3.05) is 6.67 Å². The maximum atomic E-state index is 3.48. The molecule has 1 saturated carbocycles. The summed E-state index contributed by atoms with van der Waals surface area (Å²) in [7, 11) is 0. The van der Waals surface area contributed by atoms with Crippen LogP contribution in [0.5, 0.6) is 0 Å². The zero-order valence-electron chi connectivity index (χ0n) is 7.32. The summed E-state index contributed by atoms with van der Waals surface area (Å²) < 4.78 is 0. The van der Waals surface area contributed by atoms with Crippen LogP contribution < -0.4 is 10.6 Å². The van der Waals surface area contributed by atoms with E-state index in [1.54, 1.807) is 0 Å². The second-order valence-corrected chi connectivity index (χ2v) is 4.07. The summed E-state index contributed by atoms with van der Waals surface area (Å²) in [5.74, 6) is 0.880. The Morgan fingerprint density at radius 3 is 2.18 bits per heavy atom. The molecule has 0 aromatic rings. The monoisotopic (exact) mass is 154 g/mol. The summed E-state index contributed by atoms with van der Waals surface area (Å²) in [5, 5.41) is 6.96. The number of hydrogen-bond acceptors (Lipinski definition) is 2. The highest BCUT2D eigenvalue weighted by Crippen LogP contribution is 2.32. The van der Waals surface area contributed by atoms with E-state index >= 15 is 0 Å². The molecule has 11 heavy (non-hydrogen) atoms. The van der Waals surface area contributed by atoms with Gasteiger partial charge < -0.3 is 0 Å². The highest BCUT2D eigenvalue weighted by atomic mass is 15.4. The zero-order chi connectivity index (χ0) is 7.73. The molecule has 2 fully saturated rings. The van der Waals surface area contributed by atoms with E-state index in [9.17, 15) is 0 Å². The van der Waals surface area contributed by atoms with Crippen molar-refractivity contribution in [1.82, 2.24) is 10.6 Å². The molecule has 2 N–H and O–H groups in total. The van der Waals surface area contributed by atoms with E-state index < -0.39 is 0 Å². The van der Waals surface area contributed by atoms with Gasteiger partial charge in [-0.3, -0.25) is 10.6 Å². The van der Waals surface area contributed by atoms with Crippen molar-refractivity contribution < 1.29 is 0 Å². The normalized spacial score (nSPS) is 31.4. The van der Waals surface area contributed by atoms with Crippen LogP contribution in [0.1, 0.15) is 39.0 Å². The smallest absolute Gasteiger partial charge is 0.0706 e. The van der Waals surface area contributed by atoms with Gasteiger partial charge in [0.25, 0.3) is 0 Å². The van der Waals surface area contributed by atoms with Gasteiger partial charge in [0, 0.05) is 6.67 Å². The van der Waals surface area contributed by atoms with E-state index in [4.69, 9.17) is 0 Å². The van der Waals surface area contributed by atoms with Crippen molar-refractivity contribution in [2.24, 2.45) is 5.92 Å². The molecule has 0 spiro atoms. The molecule has 0 bridgehead atoms. The summed E-state index contributed by atoms with van der Waals surface area (Å²) in [6.07, 6.45) is 7.15. The third-order valence-electron chi connectivity index (χ3n) is 3.33. The minimum Gasteiger partial charge on any atom is -0.287 e. The van der Waals surface area contributed by atoms with Crippen LogP contribution in [0, 0.1) is 5.92 Å². The van der Waals surface area contributed by atoms with Crippen molar-refractivity contribution in [1.29, 1.82) is 0 Å². The first-order valence-corrected chi connectivity index (χ1v) is 4.81. The van der Waals surface area contributed by atoms with E-state index in [0.29, 0.717) is 5.66 Å². The lowest BCUT2D eigenvalue weighted by Crippen LogP contribution is -2.72. The largest absolute Gasteiger partial charge is 0.287 e. The Hall–Kier alpha value is -0.0800. The van der Waals surface area contributed by atoms with Crippen molar-refractivity contribution in [3.63, 3.8) is 0 Å². The molecular weight excluding hydrogens is 136 g/mol. The van der Waals surface area contributed by atoms with Gasteiger partial charge in [-0.1, -0.05) is 19.3 Å². The van der Waals surface area contributed by atoms with Crippen molar-refractivity contribution >= 4 is 0 Å². The highest BCUT2D eigenvalue weighted by molar-refractivity contribution is 4.94. The fourth-order valence-electron chi connectivity index (χ4n) is 2.34. The quantitative estimate of drug-likeness (QED) is 0.597. The third kappa shape index (κ3) is 1.30. The van der Waals surface area contributed by atoms with Crippen LogP contribution in [-0.2, 0) is 0 Å². The predicted octanol–water partition coefficient (Wildman–Crippen LogP) is 1.43. The Morgan fingerprint density at radius 2 is 1.73 bits per heavy atom. The lowest BCUT2D eigenvalue weighted by Gasteiger charge is -2.48. The minimum atomic E-state index is 0.292. The Labute approximate surface area is 68.7 Å². The molecule has 0 radical (unpaired) electrons. The van der Waals surface area contributed by atoms with Crippen molar-refractivity contribution in [3.8, 4) is 0 Å². The maximum Gasteiger partial charge on any atom is 0.0706 e. The molecule has 2 heteroatoms. The highest BCUT2D eigenvalue weighted by Gasteiger charge is 2.38. The van der Waals surface area contributed by atoms with E-state index in [1.807, 2.05) is 0 Å². The molecule has 0 amide bonds. The molecule has 64 valence electrons. The second kappa shape index (κ2) is 2.76. The van der Waals surface area contributed by atoms with Gasteiger partial charge in [-0.05, 0) is 25.7 Å². The fraction of sp³-hybridized carbons (Fsp3) is 1.00. The molecule has 0 aromatic carbocycles. The summed E-state index contributed by atoms with van der Waals surface area (Å²) in [5.41, 5.74) is 0.292. The zero-order valence-corrected chi connectivity index (χ0v) is 7.32. The van der Waals surface area contributed by atoms with Gasteiger partial charge in [-0.2, -0.15) is 0 Å². The summed E-state index contributed by atoms with van der Waals surface area (Å²) in [6.45, 7) is 3.31. The first kappa shape index (κ1) is 7.56. The van der Waals surface area contributed by atoms with Crippen LogP contribution in [0.15, 0.2) is 0 Å². The van der Waals surface area contributed by atoms with E-state index in [0.717, 1.165) is 12.6 Å². The van der Waals surface area contributed by atoms with Gasteiger partial charge in [0.2, 0.25) is 0 Å². The SMILES string of the molecule is CC1(C2CCCCC2)NCN1. The van der Waals surface area contributed by atoms with Crippen LogP contribution >= 0.6 is 0 Å². The Bertz CT molecular complexity index is 134. The standard InChI is InChI=1S/C9H18N2/c1-9(10-7-11-9)8-5-3-2-4-6-8/h8,10-11H,2-7H2,1H3. The van der Waals surface area contributed by atoms with E-state index in [1.165, 1.54) is 32.1 Å². The predicted molar refractivity (Wildman–Crippen MR) is 46.1 cm³/mol. The third-order valence-corrected chi connectivity index (χ3v) is 3.33. The van der Waals surface area contributed by atoms with Crippen LogP contribution in [0.3, 0.4) is 0 Å². The lowest BCUT2D eigenvalue weighted by atomic mass is 9.79. The Balaban J connectivity index is 1.91. The number of hydrogen-bond donors (Lipinski definition) is 2. The Kier molecular flexibility index (Phi) is 1.90. The summed E-state index contributed by atoms with van der Waals surface area (Å²) in [6, 6.07) is 0. The van der Waals surface area contributed by atoms with Gasteiger partial charge in [0.15, 0.2) is 0 Å². The van der Waals surface area contributed by atoms with Crippen LogP contribution in [-0.4, -0.2) is 12.3 Å². The molecule has 1 aliphatic heterocycles. The van der Waals surface area contributed by atoms with Crippen LogP contribution in [0.25, 0.3) is 0 Å². The molecule has 2 aliphatic rings. The first-order valence-electron chi connectivity index (χ1n) is 4.81. The van der Waals surface area contributed by atoms with Crippen molar-refractivity contribution in [3.05, 3.63) is 0 Å². The van der Waals surface area contributed by atoms with Crippen LogP contribution in [0.4, 0.5) is 0 Å². The molecule has 2 rings (SSSR count). The first-order chi connectivity index (χ1) is 5.31. The molecule has 0 atom stereocenters. The van der Waals surface area contributed by atoms with Gasteiger partial charge >= 0.3 is 0 Å². The molecule has 1 aliphatic carbocycles. The second-order valence-electron chi connectivity index (χ2n) is 4.07. The molecule has 1 heterocycles. The number of nitrogens with one attached hydrogen (secondary N) is 2. The van der Waals surface area contributed by atoms with Gasteiger partial charge in [0.05, 0.1) is 5.66 Å². The Morgan fingerprint density at radius 1 is 1.09 bits per heavy atom. The van der Waals surface area contributed by atoms with E-state index in [2.05, 4.69) is 17.6 Å². The molecule has 0 unspecified atom stereocenters. The molecule has 0 aromatic heterocycles. The molecular formula is C9H18N2. The van der Waals surface area contributed by atoms with Gasteiger partial charge in [-0.15, -0.1) is 0 Å². The summed E-state index contributed by atoms with van der Waals surface area (Å²) in [4.78, 5) is 0. The topological polar surface area (TPSA) is 24.1 Å². The lowest BCUT2D eigenvalue weighted by molar-refractivity contribution is 0.0669. The van der Waals surface area contributed by atoms with Gasteiger partial charge in [-0.25, -0.2) is 0 Å². The summed E-state index contributed by atoms with van der Waals surface area (Å²) >= 11 is 0. The van der Waals surface area contributed by atoms with E-state index in [-0.39, 0.29) is 0 Å². The minimum absolute atomic E-state index is 0.292. The maximum absolute atomic E-state index is 3.48. The van der Waals surface area contributed by atoms with Gasteiger partial charge in [0.1, 0.15) is 0 Å². The average molecular weight is 154 g/mol. The average Bonchev–Trinajstić information content (AvgIpc) is 2.02. The molecule has 2 nitrogen and oxygen atoms in total. The van der Waals surface area contributed by atoms with Crippen molar-refractivity contribution in [2.45, 2.75) is 44.7 Å². The van der Waals surface area contributed by atoms with Crippen LogP contribution in [0.2, 0.25) is 0 Å². The molecule has 1 saturated heterocycles.